The Labute approximate surface area is 136 Å². The molecule has 0 aromatic heterocycles. The predicted molar refractivity (Wildman–Crippen MR) is 87.2 cm³/mol. The quantitative estimate of drug-likeness (QED) is 0.862. The van der Waals surface area contributed by atoms with Crippen LogP contribution in [-0.2, 0) is 14.8 Å². The Hall–Kier alpha value is -1.95. The second kappa shape index (κ2) is 7.08. The summed E-state index contributed by atoms with van der Waals surface area (Å²) in [6.45, 7) is 3.54. The van der Waals surface area contributed by atoms with Gasteiger partial charge in [-0.3, -0.25) is 9.69 Å². The predicted octanol–water partition coefficient (Wildman–Crippen LogP) is 0.462. The number of hydrogen-bond donors (Lipinski definition) is 1. The van der Waals surface area contributed by atoms with Gasteiger partial charge in [-0.05, 0) is 19.1 Å². The number of anilines is 1. The lowest BCUT2D eigenvalue weighted by Crippen LogP contribution is -2.53. The molecule has 1 fully saturated rings. The van der Waals surface area contributed by atoms with Crippen molar-refractivity contribution < 1.29 is 13.2 Å². The number of piperazine rings is 1. The summed E-state index contributed by atoms with van der Waals surface area (Å²) in [5, 5.41) is 11.8. The van der Waals surface area contributed by atoms with Crippen molar-refractivity contribution in [3.63, 3.8) is 0 Å². The normalized spacial score (nSPS) is 18.1. The van der Waals surface area contributed by atoms with Gasteiger partial charge in [0.1, 0.15) is 6.07 Å². The van der Waals surface area contributed by atoms with Crippen LogP contribution in [0.5, 0.6) is 0 Å². The number of carbonyl (C=O) groups excluding carboxylic acids is 1. The van der Waals surface area contributed by atoms with Gasteiger partial charge >= 0.3 is 0 Å². The van der Waals surface area contributed by atoms with E-state index in [1.54, 1.807) is 31.2 Å². The maximum atomic E-state index is 12.4. The van der Waals surface area contributed by atoms with Crippen molar-refractivity contribution >= 4 is 21.6 Å². The van der Waals surface area contributed by atoms with Crippen molar-refractivity contribution in [3.05, 3.63) is 29.8 Å². The number of benzene rings is 1. The Morgan fingerprint density at radius 2 is 1.87 bits per heavy atom. The SMILES string of the molecule is CC(C(=O)Nc1ccccc1C#N)N1CCN(S(C)(=O)=O)CC1. The fourth-order valence-corrected chi connectivity index (χ4v) is 3.34. The van der Waals surface area contributed by atoms with Crippen LogP contribution >= 0.6 is 0 Å². The Morgan fingerprint density at radius 1 is 1.26 bits per heavy atom. The molecule has 1 heterocycles. The Kier molecular flexibility index (Phi) is 5.36. The minimum atomic E-state index is -3.18. The first-order valence-electron chi connectivity index (χ1n) is 7.32. The van der Waals surface area contributed by atoms with Crippen LogP contribution in [-0.4, -0.2) is 62.0 Å². The molecule has 1 atom stereocenters. The highest BCUT2D eigenvalue weighted by Gasteiger charge is 2.29. The van der Waals surface area contributed by atoms with Crippen molar-refractivity contribution in [2.24, 2.45) is 0 Å². The van der Waals surface area contributed by atoms with E-state index in [0.717, 1.165) is 0 Å². The molecule has 0 saturated carbocycles. The molecule has 1 amide bonds. The Balaban J connectivity index is 1.97. The third kappa shape index (κ3) is 4.28. The van der Waals surface area contributed by atoms with E-state index >= 15 is 0 Å². The lowest BCUT2D eigenvalue weighted by molar-refractivity contribution is -0.121. The fourth-order valence-electron chi connectivity index (χ4n) is 2.52. The van der Waals surface area contributed by atoms with Gasteiger partial charge in [0.05, 0.1) is 23.5 Å². The van der Waals surface area contributed by atoms with Crippen LogP contribution in [0.4, 0.5) is 5.69 Å². The molecule has 1 aliphatic rings. The first-order valence-corrected chi connectivity index (χ1v) is 9.17. The van der Waals surface area contributed by atoms with E-state index in [1.807, 2.05) is 11.0 Å². The van der Waals surface area contributed by atoms with E-state index < -0.39 is 16.1 Å². The van der Waals surface area contributed by atoms with Gasteiger partial charge in [0, 0.05) is 26.2 Å². The number of hydrogen-bond acceptors (Lipinski definition) is 5. The second-order valence-electron chi connectivity index (χ2n) is 5.52. The number of carbonyl (C=O) groups is 1. The summed E-state index contributed by atoms with van der Waals surface area (Å²) in [6, 6.07) is 8.46. The van der Waals surface area contributed by atoms with E-state index in [2.05, 4.69) is 5.32 Å². The van der Waals surface area contributed by atoms with Gasteiger partial charge in [-0.25, -0.2) is 8.42 Å². The monoisotopic (exact) mass is 336 g/mol. The van der Waals surface area contributed by atoms with Gasteiger partial charge in [0.25, 0.3) is 0 Å². The minimum Gasteiger partial charge on any atom is -0.324 e. The van der Waals surface area contributed by atoms with E-state index in [-0.39, 0.29) is 5.91 Å². The third-order valence-corrected chi connectivity index (χ3v) is 5.28. The van der Waals surface area contributed by atoms with Gasteiger partial charge < -0.3 is 5.32 Å². The molecule has 1 saturated heterocycles. The molecule has 0 aliphatic carbocycles. The molecule has 0 bridgehead atoms. The zero-order valence-electron chi connectivity index (χ0n) is 13.2. The topological polar surface area (TPSA) is 93.5 Å². The van der Waals surface area contributed by atoms with Crippen LogP contribution in [0.2, 0.25) is 0 Å². The Bertz CT molecular complexity index is 718. The zero-order valence-corrected chi connectivity index (χ0v) is 14.0. The highest BCUT2D eigenvalue weighted by atomic mass is 32.2. The van der Waals surface area contributed by atoms with E-state index in [0.29, 0.717) is 37.4 Å². The molecule has 1 unspecified atom stereocenters. The summed E-state index contributed by atoms with van der Waals surface area (Å²) >= 11 is 0. The summed E-state index contributed by atoms with van der Waals surface area (Å²) in [5.74, 6) is -0.208. The first-order chi connectivity index (χ1) is 10.8. The van der Waals surface area contributed by atoms with Crippen LogP contribution in [0.3, 0.4) is 0 Å². The number of nitrogens with one attached hydrogen (secondary N) is 1. The molecule has 1 aliphatic heterocycles. The Morgan fingerprint density at radius 3 is 2.43 bits per heavy atom. The highest BCUT2D eigenvalue weighted by Crippen LogP contribution is 2.15. The average Bonchev–Trinajstić information content (AvgIpc) is 2.54. The third-order valence-electron chi connectivity index (χ3n) is 3.97. The van der Waals surface area contributed by atoms with Crippen LogP contribution < -0.4 is 5.32 Å². The summed E-state index contributed by atoms with van der Waals surface area (Å²) < 4.78 is 24.4. The molecule has 0 radical (unpaired) electrons. The number of rotatable bonds is 4. The molecule has 8 heteroatoms. The molecule has 2 rings (SSSR count). The second-order valence-corrected chi connectivity index (χ2v) is 7.50. The standard InChI is InChI=1S/C15H20N4O3S/c1-12(18-7-9-19(10-8-18)23(2,21)22)15(20)17-14-6-4-3-5-13(14)11-16/h3-6,12H,7-10H2,1-2H3,(H,17,20). The van der Waals surface area contributed by atoms with Gasteiger partial charge in [0.2, 0.25) is 15.9 Å². The molecule has 1 aromatic rings. The van der Waals surface area contributed by atoms with Crippen molar-refractivity contribution in [3.8, 4) is 6.07 Å². The smallest absolute Gasteiger partial charge is 0.241 e. The average molecular weight is 336 g/mol. The summed E-state index contributed by atoms with van der Waals surface area (Å²) in [6.07, 6.45) is 1.19. The molecular formula is C15H20N4O3S. The number of para-hydroxylation sites is 1. The van der Waals surface area contributed by atoms with Crippen molar-refractivity contribution in [1.29, 1.82) is 5.26 Å². The molecular weight excluding hydrogens is 316 g/mol. The van der Waals surface area contributed by atoms with E-state index in [4.69, 9.17) is 5.26 Å². The lowest BCUT2D eigenvalue weighted by atomic mass is 10.1. The van der Waals surface area contributed by atoms with Crippen molar-refractivity contribution in [2.75, 3.05) is 37.8 Å². The van der Waals surface area contributed by atoms with Crippen LogP contribution in [0, 0.1) is 11.3 Å². The van der Waals surface area contributed by atoms with Crippen molar-refractivity contribution in [2.45, 2.75) is 13.0 Å². The van der Waals surface area contributed by atoms with Crippen molar-refractivity contribution in [1.82, 2.24) is 9.21 Å². The fraction of sp³-hybridized carbons (Fsp3) is 0.467. The van der Waals surface area contributed by atoms with Gasteiger partial charge in [0.15, 0.2) is 0 Å². The number of sulfonamides is 1. The number of nitrogens with zero attached hydrogens (tertiary/aromatic N) is 3. The number of amides is 1. The van der Waals surface area contributed by atoms with Gasteiger partial charge in [-0.15, -0.1) is 0 Å². The molecule has 23 heavy (non-hydrogen) atoms. The number of nitriles is 1. The summed E-state index contributed by atoms with van der Waals surface area (Å²) in [7, 11) is -3.18. The minimum absolute atomic E-state index is 0.208. The summed E-state index contributed by atoms with van der Waals surface area (Å²) in [5.41, 5.74) is 0.900. The molecule has 1 N–H and O–H groups in total. The van der Waals surface area contributed by atoms with Crippen LogP contribution in [0.15, 0.2) is 24.3 Å². The van der Waals surface area contributed by atoms with Gasteiger partial charge in [-0.1, -0.05) is 12.1 Å². The summed E-state index contributed by atoms with van der Waals surface area (Å²) in [4.78, 5) is 14.3. The van der Waals surface area contributed by atoms with Crippen LogP contribution in [0.1, 0.15) is 12.5 Å². The maximum absolute atomic E-state index is 12.4. The van der Waals surface area contributed by atoms with E-state index in [9.17, 15) is 13.2 Å². The molecule has 0 spiro atoms. The molecule has 7 nitrogen and oxygen atoms in total. The zero-order chi connectivity index (χ0) is 17.0. The maximum Gasteiger partial charge on any atom is 0.241 e. The largest absolute Gasteiger partial charge is 0.324 e. The molecule has 124 valence electrons. The first kappa shape index (κ1) is 17.4. The lowest BCUT2D eigenvalue weighted by Gasteiger charge is -2.36. The highest BCUT2D eigenvalue weighted by molar-refractivity contribution is 7.88. The van der Waals surface area contributed by atoms with Crippen LogP contribution in [0.25, 0.3) is 0 Å². The van der Waals surface area contributed by atoms with E-state index in [1.165, 1.54) is 10.6 Å². The molecule has 1 aromatic carbocycles. The van der Waals surface area contributed by atoms with Gasteiger partial charge in [-0.2, -0.15) is 9.57 Å².